The van der Waals surface area contributed by atoms with E-state index in [-0.39, 0.29) is 30.4 Å². The van der Waals surface area contributed by atoms with Gasteiger partial charge in [0.25, 0.3) is 10.0 Å². The molecule has 9 heteroatoms. The standard InChI is InChI=1S/C20H25FN2O5S/c1-14(13-24)23(12-15(2)25)20(26)11-16-3-7-18(8-4-16)22-29(27,28)19-9-5-17(21)6-10-19/h3-10,14-15,22,24-25H,11-13H2,1-2H3/t14-,15+/m0/s1. The fraction of sp³-hybridized carbons (Fsp3) is 0.350. The molecule has 0 bridgehead atoms. The first-order valence-corrected chi connectivity index (χ1v) is 10.6. The third kappa shape index (κ3) is 6.52. The van der Waals surface area contributed by atoms with Crippen LogP contribution in [0.4, 0.5) is 10.1 Å². The lowest BCUT2D eigenvalue weighted by molar-refractivity contribution is -0.134. The lowest BCUT2D eigenvalue weighted by Gasteiger charge is -2.29. The molecular weight excluding hydrogens is 399 g/mol. The summed E-state index contributed by atoms with van der Waals surface area (Å²) in [5, 5.41) is 18.9. The molecule has 0 aromatic heterocycles. The van der Waals surface area contributed by atoms with Crippen molar-refractivity contribution in [2.75, 3.05) is 17.9 Å². The van der Waals surface area contributed by atoms with Gasteiger partial charge in [-0.05, 0) is 55.8 Å². The van der Waals surface area contributed by atoms with Gasteiger partial charge >= 0.3 is 0 Å². The first-order valence-electron chi connectivity index (χ1n) is 9.08. The maximum atomic E-state index is 13.0. The molecule has 0 saturated heterocycles. The van der Waals surface area contributed by atoms with Crippen LogP contribution in [0.1, 0.15) is 19.4 Å². The SMILES string of the molecule is C[C@@H](O)CN(C(=O)Cc1ccc(NS(=O)(=O)c2ccc(F)cc2)cc1)[C@@H](C)CO. The highest BCUT2D eigenvalue weighted by molar-refractivity contribution is 7.92. The predicted octanol–water partition coefficient (Wildman–Crippen LogP) is 1.76. The molecule has 0 heterocycles. The molecule has 0 spiro atoms. The lowest BCUT2D eigenvalue weighted by Crippen LogP contribution is -2.45. The van der Waals surface area contributed by atoms with Crippen molar-refractivity contribution in [2.45, 2.75) is 37.3 Å². The van der Waals surface area contributed by atoms with E-state index in [0.717, 1.165) is 12.1 Å². The quantitative estimate of drug-likeness (QED) is 0.569. The molecule has 29 heavy (non-hydrogen) atoms. The summed E-state index contributed by atoms with van der Waals surface area (Å²) >= 11 is 0. The largest absolute Gasteiger partial charge is 0.394 e. The smallest absolute Gasteiger partial charge is 0.261 e. The number of carbonyl (C=O) groups excluding carboxylic acids is 1. The number of sulfonamides is 1. The number of nitrogens with zero attached hydrogens (tertiary/aromatic N) is 1. The topological polar surface area (TPSA) is 107 Å². The second kappa shape index (κ2) is 9.82. The van der Waals surface area contributed by atoms with Crippen LogP contribution in [0.3, 0.4) is 0 Å². The minimum atomic E-state index is -3.85. The zero-order valence-electron chi connectivity index (χ0n) is 16.2. The van der Waals surface area contributed by atoms with Crippen LogP contribution < -0.4 is 4.72 Å². The number of anilines is 1. The molecule has 2 rings (SSSR count). The molecule has 158 valence electrons. The van der Waals surface area contributed by atoms with Crippen LogP contribution >= 0.6 is 0 Å². The van der Waals surface area contributed by atoms with Crippen molar-refractivity contribution in [1.29, 1.82) is 0 Å². The zero-order chi connectivity index (χ0) is 21.6. The summed E-state index contributed by atoms with van der Waals surface area (Å²) in [5.41, 5.74) is 0.954. The van der Waals surface area contributed by atoms with E-state index >= 15 is 0 Å². The zero-order valence-corrected chi connectivity index (χ0v) is 17.1. The number of aliphatic hydroxyl groups is 2. The van der Waals surface area contributed by atoms with Gasteiger partial charge in [-0.2, -0.15) is 0 Å². The molecule has 2 atom stereocenters. The molecule has 0 unspecified atom stereocenters. The van der Waals surface area contributed by atoms with Gasteiger partial charge in [0.1, 0.15) is 5.82 Å². The third-order valence-corrected chi connectivity index (χ3v) is 5.66. The molecule has 0 saturated carbocycles. The maximum absolute atomic E-state index is 13.0. The lowest BCUT2D eigenvalue weighted by atomic mass is 10.1. The van der Waals surface area contributed by atoms with Gasteiger partial charge in [0.05, 0.1) is 30.1 Å². The summed E-state index contributed by atoms with van der Waals surface area (Å²) in [6.45, 7) is 3.14. The van der Waals surface area contributed by atoms with Crippen LogP contribution in [0.25, 0.3) is 0 Å². The van der Waals surface area contributed by atoms with Gasteiger partial charge in [-0.25, -0.2) is 12.8 Å². The molecule has 2 aromatic carbocycles. The van der Waals surface area contributed by atoms with E-state index in [1.165, 1.54) is 29.2 Å². The van der Waals surface area contributed by atoms with Crippen LogP contribution in [-0.4, -0.2) is 54.7 Å². The Labute approximate surface area is 169 Å². The van der Waals surface area contributed by atoms with Crippen molar-refractivity contribution < 1.29 is 27.8 Å². The van der Waals surface area contributed by atoms with Crippen molar-refractivity contribution in [3.63, 3.8) is 0 Å². The van der Waals surface area contributed by atoms with Gasteiger partial charge in [0.2, 0.25) is 5.91 Å². The number of aliphatic hydroxyl groups excluding tert-OH is 2. The van der Waals surface area contributed by atoms with Crippen LogP contribution in [-0.2, 0) is 21.2 Å². The molecular formula is C20H25FN2O5S. The van der Waals surface area contributed by atoms with E-state index in [4.69, 9.17) is 0 Å². The first-order chi connectivity index (χ1) is 13.6. The van der Waals surface area contributed by atoms with Crippen molar-refractivity contribution in [2.24, 2.45) is 0 Å². The number of nitrogens with one attached hydrogen (secondary N) is 1. The van der Waals surface area contributed by atoms with Crippen molar-refractivity contribution in [1.82, 2.24) is 4.90 Å². The van der Waals surface area contributed by atoms with Gasteiger partial charge in [-0.1, -0.05) is 12.1 Å². The summed E-state index contributed by atoms with van der Waals surface area (Å²) < 4.78 is 40.0. The summed E-state index contributed by atoms with van der Waals surface area (Å²) in [7, 11) is -3.85. The van der Waals surface area contributed by atoms with E-state index in [1.807, 2.05) is 0 Å². The normalized spacial score (nSPS) is 13.6. The highest BCUT2D eigenvalue weighted by Crippen LogP contribution is 2.18. The number of hydrogen-bond acceptors (Lipinski definition) is 5. The number of amides is 1. The maximum Gasteiger partial charge on any atom is 0.261 e. The molecule has 1 amide bonds. The Morgan fingerprint density at radius 2 is 1.69 bits per heavy atom. The number of benzene rings is 2. The molecule has 0 fully saturated rings. The molecule has 3 N–H and O–H groups in total. The molecule has 0 aliphatic carbocycles. The van der Waals surface area contributed by atoms with Crippen LogP contribution in [0.5, 0.6) is 0 Å². The van der Waals surface area contributed by atoms with Crippen LogP contribution in [0.15, 0.2) is 53.4 Å². The molecule has 2 aromatic rings. The van der Waals surface area contributed by atoms with Crippen molar-refractivity contribution >= 4 is 21.6 Å². The Morgan fingerprint density at radius 3 is 2.21 bits per heavy atom. The highest BCUT2D eigenvalue weighted by atomic mass is 32.2. The molecule has 0 aliphatic rings. The van der Waals surface area contributed by atoms with E-state index < -0.39 is 28.0 Å². The summed E-state index contributed by atoms with van der Waals surface area (Å²) in [4.78, 5) is 13.9. The molecule has 7 nitrogen and oxygen atoms in total. The Morgan fingerprint density at radius 1 is 1.10 bits per heavy atom. The van der Waals surface area contributed by atoms with Crippen molar-refractivity contribution in [3.8, 4) is 0 Å². The minimum absolute atomic E-state index is 0.0437. The Balaban J connectivity index is 2.07. The second-order valence-corrected chi connectivity index (χ2v) is 8.54. The Bertz CT molecular complexity index is 915. The van der Waals surface area contributed by atoms with Gasteiger partial charge in [0, 0.05) is 12.2 Å². The first kappa shape index (κ1) is 22.8. The van der Waals surface area contributed by atoms with Gasteiger partial charge in [0.15, 0.2) is 0 Å². The van der Waals surface area contributed by atoms with Gasteiger partial charge < -0.3 is 15.1 Å². The summed E-state index contributed by atoms with van der Waals surface area (Å²) in [6.07, 6.45) is -0.682. The number of rotatable bonds is 9. The fourth-order valence-electron chi connectivity index (χ4n) is 2.71. The van der Waals surface area contributed by atoms with Crippen molar-refractivity contribution in [3.05, 3.63) is 59.9 Å². The Kier molecular flexibility index (Phi) is 7.72. The van der Waals surface area contributed by atoms with Crippen LogP contribution in [0, 0.1) is 5.82 Å². The predicted molar refractivity (Wildman–Crippen MR) is 107 cm³/mol. The number of hydrogen-bond donors (Lipinski definition) is 3. The average molecular weight is 424 g/mol. The van der Waals surface area contributed by atoms with E-state index in [0.29, 0.717) is 11.3 Å². The minimum Gasteiger partial charge on any atom is -0.394 e. The monoisotopic (exact) mass is 424 g/mol. The Hall–Kier alpha value is -2.49. The van der Waals surface area contributed by atoms with Crippen LogP contribution in [0.2, 0.25) is 0 Å². The fourth-order valence-corrected chi connectivity index (χ4v) is 3.76. The molecule has 0 radical (unpaired) electrons. The van der Waals surface area contributed by atoms with Gasteiger partial charge in [-0.3, -0.25) is 9.52 Å². The summed E-state index contributed by atoms with van der Waals surface area (Å²) in [5.74, 6) is -0.787. The average Bonchev–Trinajstić information content (AvgIpc) is 2.67. The summed E-state index contributed by atoms with van der Waals surface area (Å²) in [6, 6.07) is 10.3. The van der Waals surface area contributed by atoms with E-state index in [2.05, 4.69) is 4.72 Å². The molecule has 0 aliphatic heterocycles. The van der Waals surface area contributed by atoms with Gasteiger partial charge in [-0.15, -0.1) is 0 Å². The number of halogens is 1. The number of carbonyl (C=O) groups is 1. The second-order valence-electron chi connectivity index (χ2n) is 6.86. The highest BCUT2D eigenvalue weighted by Gasteiger charge is 2.21. The van der Waals surface area contributed by atoms with E-state index in [1.54, 1.807) is 26.0 Å². The van der Waals surface area contributed by atoms with E-state index in [9.17, 15) is 27.8 Å². The third-order valence-electron chi connectivity index (χ3n) is 4.26.